The number of fused-ring (bicyclic) bond motifs is 2. The number of unbranched alkanes of at least 4 members (excludes halogenated alkanes) is 1. The van der Waals surface area contributed by atoms with Gasteiger partial charge in [-0.3, -0.25) is 0 Å². The monoisotopic (exact) mass is 432 g/mol. The molecule has 2 heterocycles. The summed E-state index contributed by atoms with van der Waals surface area (Å²) < 4.78 is 60.5. The van der Waals surface area contributed by atoms with Crippen LogP contribution in [0.5, 0.6) is 5.75 Å². The number of benzene rings is 1. The molecule has 31 heavy (non-hydrogen) atoms. The van der Waals surface area contributed by atoms with E-state index < -0.39 is 17.4 Å². The second-order valence-electron chi connectivity index (χ2n) is 6.96. The number of furan rings is 1. The number of halogens is 3. The van der Waals surface area contributed by atoms with E-state index in [0.29, 0.717) is 48.0 Å². The van der Waals surface area contributed by atoms with Gasteiger partial charge in [0.25, 0.3) is 0 Å². The number of hydrogen-bond donors (Lipinski definition) is 0. The van der Waals surface area contributed by atoms with E-state index in [1.165, 1.54) is 18.2 Å². The number of ether oxygens (including phenoxy) is 2. The van der Waals surface area contributed by atoms with Gasteiger partial charge in [-0.05, 0) is 49.2 Å². The van der Waals surface area contributed by atoms with Crippen molar-refractivity contribution in [2.45, 2.75) is 25.4 Å². The van der Waals surface area contributed by atoms with Gasteiger partial charge in [-0.25, -0.2) is 4.79 Å². The molecule has 0 aliphatic heterocycles. The van der Waals surface area contributed by atoms with Crippen molar-refractivity contribution in [1.82, 2.24) is 0 Å². The van der Waals surface area contributed by atoms with Crippen molar-refractivity contribution < 1.29 is 31.5 Å². The molecular formula is C23H19F3O5. The highest BCUT2D eigenvalue weighted by atomic mass is 19.4. The van der Waals surface area contributed by atoms with Gasteiger partial charge in [-0.1, -0.05) is 6.07 Å². The molecule has 0 radical (unpaired) electrons. The highest BCUT2D eigenvalue weighted by molar-refractivity contribution is 5.63. The zero-order valence-electron chi connectivity index (χ0n) is 16.4. The van der Waals surface area contributed by atoms with Crippen molar-refractivity contribution in [3.8, 4) is 5.75 Å². The molecule has 5 nitrogen and oxygen atoms in total. The molecule has 162 valence electrons. The lowest BCUT2D eigenvalue weighted by atomic mass is 10.1. The van der Waals surface area contributed by atoms with Crippen LogP contribution in [0.2, 0.25) is 0 Å². The van der Waals surface area contributed by atoms with Gasteiger partial charge in [0, 0.05) is 12.5 Å². The molecule has 0 bridgehead atoms. The summed E-state index contributed by atoms with van der Waals surface area (Å²) >= 11 is 0. The maximum absolute atomic E-state index is 12.8. The topological polar surface area (TPSA) is 61.8 Å². The fraction of sp³-hybridized carbons (Fsp3) is 0.261. The molecule has 0 N–H and O–H groups in total. The summed E-state index contributed by atoms with van der Waals surface area (Å²) in [6.45, 7) is 0.612. The lowest BCUT2D eigenvalue weighted by Crippen LogP contribution is -2.31. The summed E-state index contributed by atoms with van der Waals surface area (Å²) in [6.07, 6.45) is 0.630. The Morgan fingerprint density at radius 3 is 2.61 bits per heavy atom. The fourth-order valence-electron chi connectivity index (χ4n) is 3.29. The van der Waals surface area contributed by atoms with Gasteiger partial charge in [-0.15, -0.1) is 0 Å². The summed E-state index contributed by atoms with van der Waals surface area (Å²) in [7, 11) is 0. The first-order valence-corrected chi connectivity index (χ1v) is 9.76. The SMILES string of the molecule is O=c1ccc2c(o1)=CCc1occc1C=2OCCCCOc1cccc(C(F)(F)F)c1. The van der Waals surface area contributed by atoms with Crippen molar-refractivity contribution in [3.63, 3.8) is 0 Å². The summed E-state index contributed by atoms with van der Waals surface area (Å²) in [6, 6.07) is 9.60. The Morgan fingerprint density at radius 1 is 1.00 bits per heavy atom. The van der Waals surface area contributed by atoms with Gasteiger partial charge in [0.1, 0.15) is 22.7 Å². The van der Waals surface area contributed by atoms with Crippen LogP contribution >= 0.6 is 0 Å². The third-order valence-electron chi connectivity index (χ3n) is 4.78. The Balaban J connectivity index is 1.37. The molecule has 0 unspecified atom stereocenters. The van der Waals surface area contributed by atoms with E-state index >= 15 is 0 Å². The number of alkyl halides is 3. The Hall–Kier alpha value is -3.42. The van der Waals surface area contributed by atoms with Crippen LogP contribution in [-0.2, 0) is 17.3 Å². The molecule has 1 aromatic carbocycles. The van der Waals surface area contributed by atoms with E-state index in [-0.39, 0.29) is 12.4 Å². The number of hydrogen-bond acceptors (Lipinski definition) is 5. The molecule has 0 fully saturated rings. The van der Waals surface area contributed by atoms with Crippen molar-refractivity contribution in [1.29, 1.82) is 0 Å². The summed E-state index contributed by atoms with van der Waals surface area (Å²) in [5.41, 5.74) is 0.0431. The van der Waals surface area contributed by atoms with E-state index in [0.717, 1.165) is 17.7 Å². The fourth-order valence-corrected chi connectivity index (χ4v) is 3.29. The standard InChI is InChI=1S/C23H19F3O5/c24-23(25,26)15-4-3-5-16(14-15)28-11-1-2-12-30-22-17-6-9-21(27)31-20(17)8-7-19-18(22)10-13-29-19/h3-6,8-10,13-14H,1-2,7,11-12H2. The Labute approximate surface area is 175 Å². The number of rotatable bonds is 7. The quantitative estimate of drug-likeness (QED) is 0.534. The van der Waals surface area contributed by atoms with Crippen molar-refractivity contribution in [3.05, 3.63) is 86.7 Å². The van der Waals surface area contributed by atoms with E-state index in [4.69, 9.17) is 18.3 Å². The molecule has 8 heteroatoms. The molecule has 3 aromatic rings. The Bertz CT molecular complexity index is 1240. The maximum atomic E-state index is 12.8. The van der Waals surface area contributed by atoms with E-state index in [9.17, 15) is 18.0 Å². The van der Waals surface area contributed by atoms with Crippen LogP contribution in [0.4, 0.5) is 13.2 Å². The average Bonchev–Trinajstić information content (AvgIpc) is 3.15. The third-order valence-corrected chi connectivity index (χ3v) is 4.78. The lowest BCUT2D eigenvalue weighted by molar-refractivity contribution is -0.137. The molecule has 0 amide bonds. The first-order chi connectivity index (χ1) is 14.9. The van der Waals surface area contributed by atoms with Crippen molar-refractivity contribution in [2.24, 2.45) is 0 Å². The molecule has 0 saturated heterocycles. The van der Waals surface area contributed by atoms with E-state index in [1.54, 1.807) is 24.5 Å². The zero-order valence-corrected chi connectivity index (χ0v) is 16.4. The molecule has 0 saturated carbocycles. The first-order valence-electron chi connectivity index (χ1n) is 9.76. The van der Waals surface area contributed by atoms with Crippen LogP contribution in [0.25, 0.3) is 11.8 Å². The zero-order chi connectivity index (χ0) is 21.8. The minimum absolute atomic E-state index is 0.177. The summed E-state index contributed by atoms with van der Waals surface area (Å²) in [5, 5.41) is 0.667. The predicted octanol–water partition coefficient (Wildman–Crippen LogP) is 3.62. The molecule has 2 aromatic heterocycles. The smallest absolute Gasteiger partial charge is 0.416 e. The Morgan fingerprint density at radius 2 is 1.81 bits per heavy atom. The average molecular weight is 432 g/mol. The van der Waals surface area contributed by atoms with Gasteiger partial charge < -0.3 is 18.3 Å². The van der Waals surface area contributed by atoms with Gasteiger partial charge in [-0.2, -0.15) is 13.2 Å². The Kier molecular flexibility index (Phi) is 5.88. The molecule has 1 aliphatic rings. The van der Waals surface area contributed by atoms with Crippen LogP contribution in [-0.4, -0.2) is 13.2 Å². The largest absolute Gasteiger partial charge is 0.494 e. The highest BCUT2D eigenvalue weighted by Crippen LogP contribution is 2.31. The molecule has 0 spiro atoms. The lowest BCUT2D eigenvalue weighted by Gasteiger charge is -2.11. The summed E-state index contributed by atoms with van der Waals surface area (Å²) in [5.74, 6) is 1.45. The van der Waals surface area contributed by atoms with Crippen LogP contribution in [0.15, 0.2) is 62.4 Å². The first kappa shape index (κ1) is 20.8. The molecular weight excluding hydrogens is 413 g/mol. The normalized spacial score (nSPS) is 13.1. The third kappa shape index (κ3) is 4.84. The van der Waals surface area contributed by atoms with Crippen molar-refractivity contribution >= 4 is 11.8 Å². The minimum Gasteiger partial charge on any atom is -0.494 e. The molecule has 1 aliphatic carbocycles. The minimum atomic E-state index is -4.40. The van der Waals surface area contributed by atoms with E-state index in [2.05, 4.69) is 0 Å². The second-order valence-corrected chi connectivity index (χ2v) is 6.96. The van der Waals surface area contributed by atoms with Crippen LogP contribution < -0.4 is 21.0 Å². The van der Waals surface area contributed by atoms with Crippen LogP contribution in [0.1, 0.15) is 29.7 Å². The van der Waals surface area contributed by atoms with E-state index in [1.807, 2.05) is 0 Å². The van der Waals surface area contributed by atoms with Gasteiger partial charge >= 0.3 is 11.8 Å². The second kappa shape index (κ2) is 8.75. The maximum Gasteiger partial charge on any atom is 0.416 e. The molecule has 0 atom stereocenters. The van der Waals surface area contributed by atoms with Gasteiger partial charge in [0.2, 0.25) is 0 Å². The van der Waals surface area contributed by atoms with Crippen molar-refractivity contribution in [2.75, 3.05) is 13.2 Å². The molecule has 4 rings (SSSR count). The highest BCUT2D eigenvalue weighted by Gasteiger charge is 2.30. The summed E-state index contributed by atoms with van der Waals surface area (Å²) in [4.78, 5) is 11.6. The van der Waals surface area contributed by atoms with Gasteiger partial charge in [0.05, 0.1) is 35.8 Å². The van der Waals surface area contributed by atoms with Gasteiger partial charge in [0.15, 0.2) is 0 Å². The van der Waals surface area contributed by atoms with Crippen LogP contribution in [0, 0.1) is 0 Å². The predicted molar refractivity (Wildman–Crippen MR) is 106 cm³/mol. The van der Waals surface area contributed by atoms with Crippen LogP contribution in [0.3, 0.4) is 0 Å².